The highest BCUT2D eigenvalue weighted by molar-refractivity contribution is 7.89. The van der Waals surface area contributed by atoms with Crippen LogP contribution in [0.2, 0.25) is 0 Å². The van der Waals surface area contributed by atoms with E-state index in [0.29, 0.717) is 5.39 Å². The number of aromatic nitrogens is 1. The molecular weight excluding hydrogens is 358 g/mol. The number of nitrogens with zero attached hydrogens (tertiary/aromatic N) is 2. The Bertz CT molecular complexity index is 1140. The molecule has 8 nitrogen and oxygen atoms in total. The number of hydrogen-bond donors (Lipinski definition) is 1. The molecule has 1 N–H and O–H groups in total. The monoisotopic (exact) mass is 373 g/mol. The zero-order valence-electron chi connectivity index (χ0n) is 13.5. The average Bonchev–Trinajstić information content (AvgIpc) is 2.64. The zero-order valence-corrected chi connectivity index (χ0v) is 14.3. The normalized spacial score (nSPS) is 11.5. The van der Waals surface area contributed by atoms with Gasteiger partial charge in [-0.25, -0.2) is 13.1 Å². The van der Waals surface area contributed by atoms with Gasteiger partial charge in [0.25, 0.3) is 11.2 Å². The second-order valence-corrected chi connectivity index (χ2v) is 7.26. The molecule has 134 valence electrons. The minimum absolute atomic E-state index is 0.0768. The van der Waals surface area contributed by atoms with Gasteiger partial charge in [0.2, 0.25) is 10.0 Å². The topological polar surface area (TPSA) is 111 Å². The van der Waals surface area contributed by atoms with Gasteiger partial charge in [-0.2, -0.15) is 0 Å². The van der Waals surface area contributed by atoms with Crippen LogP contribution in [0.1, 0.15) is 0 Å². The second-order valence-electron chi connectivity index (χ2n) is 5.52. The van der Waals surface area contributed by atoms with E-state index < -0.39 is 25.5 Å². The summed E-state index contributed by atoms with van der Waals surface area (Å²) in [6.45, 7) is 0.0240. The van der Waals surface area contributed by atoms with Crippen molar-refractivity contribution in [3.63, 3.8) is 0 Å². The van der Waals surface area contributed by atoms with Gasteiger partial charge in [-0.3, -0.25) is 14.9 Å². The number of rotatable bonds is 6. The van der Waals surface area contributed by atoms with Crippen molar-refractivity contribution in [1.82, 2.24) is 9.29 Å². The summed E-state index contributed by atoms with van der Waals surface area (Å²) in [6.07, 6.45) is 1.59. The first kappa shape index (κ1) is 17.8. The molecule has 0 radical (unpaired) electrons. The third-order valence-corrected chi connectivity index (χ3v) is 5.39. The molecule has 0 fully saturated rings. The minimum atomic E-state index is -4.07. The van der Waals surface area contributed by atoms with Crippen molar-refractivity contribution in [1.29, 1.82) is 0 Å². The molecule has 9 heteroatoms. The van der Waals surface area contributed by atoms with Gasteiger partial charge in [0.1, 0.15) is 0 Å². The lowest BCUT2D eigenvalue weighted by Gasteiger charge is -2.09. The van der Waals surface area contributed by atoms with Crippen LogP contribution in [0.4, 0.5) is 5.69 Å². The summed E-state index contributed by atoms with van der Waals surface area (Å²) in [5, 5.41) is 12.3. The first-order chi connectivity index (χ1) is 12.4. The lowest BCUT2D eigenvalue weighted by molar-refractivity contribution is -0.387. The van der Waals surface area contributed by atoms with Crippen LogP contribution in [0.3, 0.4) is 0 Å². The van der Waals surface area contributed by atoms with Crippen molar-refractivity contribution in [3.8, 4) is 0 Å². The van der Waals surface area contributed by atoms with E-state index in [1.807, 2.05) is 12.1 Å². The number of para-hydroxylation sites is 1. The van der Waals surface area contributed by atoms with Gasteiger partial charge in [0.15, 0.2) is 4.90 Å². The lowest BCUT2D eigenvalue weighted by atomic mass is 10.2. The molecule has 0 aliphatic rings. The van der Waals surface area contributed by atoms with Crippen LogP contribution in [0.5, 0.6) is 0 Å². The van der Waals surface area contributed by atoms with Crippen LogP contribution >= 0.6 is 0 Å². The predicted molar refractivity (Wildman–Crippen MR) is 96.5 cm³/mol. The number of benzene rings is 2. The molecule has 0 saturated carbocycles. The van der Waals surface area contributed by atoms with E-state index in [1.165, 1.54) is 22.8 Å². The Morgan fingerprint density at radius 2 is 1.73 bits per heavy atom. The zero-order chi connectivity index (χ0) is 18.7. The van der Waals surface area contributed by atoms with Crippen molar-refractivity contribution in [2.75, 3.05) is 6.54 Å². The molecule has 0 saturated heterocycles. The fourth-order valence-corrected chi connectivity index (χ4v) is 3.81. The maximum Gasteiger partial charge on any atom is 0.289 e. The highest BCUT2D eigenvalue weighted by Gasteiger charge is 2.24. The van der Waals surface area contributed by atoms with Crippen LogP contribution in [0, 0.1) is 10.1 Å². The fraction of sp³-hybridized carbons (Fsp3) is 0.118. The molecule has 3 rings (SSSR count). The Hall–Kier alpha value is -3.04. The number of nitro groups is 1. The molecule has 0 aliphatic heterocycles. The maximum absolute atomic E-state index is 12.4. The average molecular weight is 373 g/mol. The molecule has 2 aromatic carbocycles. The number of fused-ring (bicyclic) bond motifs is 1. The van der Waals surface area contributed by atoms with Crippen molar-refractivity contribution in [2.24, 2.45) is 0 Å². The molecule has 26 heavy (non-hydrogen) atoms. The Kier molecular flexibility index (Phi) is 4.83. The van der Waals surface area contributed by atoms with Crippen molar-refractivity contribution < 1.29 is 13.3 Å². The van der Waals surface area contributed by atoms with Gasteiger partial charge in [-0.15, -0.1) is 0 Å². The molecule has 0 aliphatic carbocycles. The van der Waals surface area contributed by atoms with Gasteiger partial charge in [-0.05, 0) is 23.6 Å². The van der Waals surface area contributed by atoms with E-state index in [-0.39, 0.29) is 18.6 Å². The highest BCUT2D eigenvalue weighted by atomic mass is 32.2. The third kappa shape index (κ3) is 3.48. The second kappa shape index (κ2) is 7.06. The molecular formula is C17H15N3O5S. The van der Waals surface area contributed by atoms with Crippen molar-refractivity contribution in [2.45, 2.75) is 11.4 Å². The lowest BCUT2D eigenvalue weighted by Crippen LogP contribution is -2.31. The largest absolute Gasteiger partial charge is 0.314 e. The summed E-state index contributed by atoms with van der Waals surface area (Å²) in [6, 6.07) is 14.0. The molecule has 1 heterocycles. The van der Waals surface area contributed by atoms with Crippen molar-refractivity contribution >= 4 is 26.5 Å². The van der Waals surface area contributed by atoms with Crippen LogP contribution in [-0.2, 0) is 16.6 Å². The van der Waals surface area contributed by atoms with Crippen LogP contribution < -0.4 is 10.3 Å². The molecule has 0 unspecified atom stereocenters. The number of nitrogens with one attached hydrogen (secondary N) is 1. The maximum atomic E-state index is 12.4. The third-order valence-electron chi connectivity index (χ3n) is 3.88. The summed E-state index contributed by atoms with van der Waals surface area (Å²) in [5.41, 5.74) is -0.726. The van der Waals surface area contributed by atoms with E-state index in [9.17, 15) is 23.3 Å². The molecule has 0 spiro atoms. The summed E-state index contributed by atoms with van der Waals surface area (Å²) < 4.78 is 28.4. The molecule has 0 atom stereocenters. The Morgan fingerprint density at radius 3 is 2.50 bits per heavy atom. The Balaban J connectivity index is 1.79. The fourth-order valence-electron chi connectivity index (χ4n) is 2.62. The van der Waals surface area contributed by atoms with Crippen LogP contribution in [-0.4, -0.2) is 24.5 Å². The van der Waals surface area contributed by atoms with E-state index >= 15 is 0 Å². The van der Waals surface area contributed by atoms with E-state index in [0.717, 1.165) is 11.5 Å². The van der Waals surface area contributed by atoms with Gasteiger partial charge in [0, 0.05) is 30.7 Å². The first-order valence-electron chi connectivity index (χ1n) is 7.71. The van der Waals surface area contributed by atoms with Gasteiger partial charge in [0.05, 0.1) is 4.92 Å². The molecule has 3 aromatic rings. The number of nitro benzene ring substituents is 1. The van der Waals surface area contributed by atoms with E-state index in [1.54, 1.807) is 24.4 Å². The summed E-state index contributed by atoms with van der Waals surface area (Å²) in [5.74, 6) is 0. The number of sulfonamides is 1. The summed E-state index contributed by atoms with van der Waals surface area (Å²) in [7, 11) is -4.07. The van der Waals surface area contributed by atoms with E-state index in [2.05, 4.69) is 4.72 Å². The standard InChI is InChI=1S/C17H15N3O5S/c21-17-14-6-2-1-5-13(14)9-11-19(17)12-10-18-26(24,25)16-8-4-3-7-15(16)20(22)23/h1-9,11,18H,10,12H2. The van der Waals surface area contributed by atoms with E-state index in [4.69, 9.17) is 0 Å². The van der Waals surface area contributed by atoms with Gasteiger partial charge < -0.3 is 4.57 Å². The van der Waals surface area contributed by atoms with Crippen molar-refractivity contribution in [3.05, 3.63) is 81.3 Å². The van der Waals surface area contributed by atoms with Gasteiger partial charge >= 0.3 is 0 Å². The smallest absolute Gasteiger partial charge is 0.289 e. The number of hydrogen-bond acceptors (Lipinski definition) is 5. The SMILES string of the molecule is O=c1c2ccccc2ccn1CCNS(=O)(=O)c1ccccc1[N+](=O)[O-]. The molecule has 1 aromatic heterocycles. The highest BCUT2D eigenvalue weighted by Crippen LogP contribution is 2.22. The minimum Gasteiger partial charge on any atom is -0.314 e. The summed E-state index contributed by atoms with van der Waals surface area (Å²) >= 11 is 0. The summed E-state index contributed by atoms with van der Waals surface area (Å²) in [4.78, 5) is 22.2. The Labute approximate surface area is 148 Å². The molecule has 0 amide bonds. The Morgan fingerprint density at radius 1 is 1.04 bits per heavy atom. The van der Waals surface area contributed by atoms with Crippen LogP contribution in [0.25, 0.3) is 10.8 Å². The first-order valence-corrected chi connectivity index (χ1v) is 9.20. The quantitative estimate of drug-likeness (QED) is 0.524. The van der Waals surface area contributed by atoms with Crippen LogP contribution in [0.15, 0.2) is 70.5 Å². The predicted octanol–water partition coefficient (Wildman–Crippen LogP) is 1.89. The van der Waals surface area contributed by atoms with Gasteiger partial charge in [-0.1, -0.05) is 30.3 Å². The number of pyridine rings is 1. The molecule has 0 bridgehead atoms.